The topological polar surface area (TPSA) is 151 Å². The molecule has 0 aliphatic carbocycles. The van der Waals surface area contributed by atoms with Gasteiger partial charge >= 0.3 is 19.8 Å². The number of halogens is 7. The summed E-state index contributed by atoms with van der Waals surface area (Å²) in [5.74, 6) is -0.675. The molecule has 2 aromatic heterocycles. The minimum Gasteiger partial charge on any atom is -0.423 e. The van der Waals surface area contributed by atoms with E-state index in [9.17, 15) is 36.6 Å². The quantitative estimate of drug-likeness (QED) is 0.0860. The molecule has 4 N–H and O–H groups in total. The Morgan fingerprint density at radius 1 is 0.468 bits per heavy atom. The molecule has 0 saturated heterocycles. The number of aliphatic hydroxyl groups is 2. The highest BCUT2D eigenvalue weighted by atomic mass is 79.9. The lowest BCUT2D eigenvalue weighted by molar-refractivity contribution is -0.275. The second-order valence-corrected chi connectivity index (χ2v) is 16.7. The fraction of sp³-hybridized carbons (Fsp3) is 0.273. The number of nitrogens with zero attached hydrogens (tertiary/aromatic N) is 4. The van der Waals surface area contributed by atoms with Crippen LogP contribution in [0.15, 0.2) is 139 Å². The molecule has 4 aromatic carbocycles. The molecule has 0 spiro atoms. The molecule has 0 aliphatic heterocycles. The van der Waals surface area contributed by atoms with Crippen LogP contribution in [-0.4, -0.2) is 60.0 Å². The fourth-order valence-corrected chi connectivity index (χ4v) is 6.59. The van der Waals surface area contributed by atoms with E-state index in [4.69, 9.17) is 10.0 Å². The van der Waals surface area contributed by atoms with E-state index in [1.54, 1.807) is 49.1 Å². The van der Waals surface area contributed by atoms with Crippen molar-refractivity contribution in [3.05, 3.63) is 161 Å². The van der Waals surface area contributed by atoms with Gasteiger partial charge in [0.25, 0.3) is 0 Å². The monoisotopic (exact) mass is 928 g/mol. The van der Waals surface area contributed by atoms with Crippen LogP contribution in [0.5, 0.6) is 11.5 Å². The molecule has 2 atom stereocenters. The summed E-state index contributed by atoms with van der Waals surface area (Å²) in [4.78, 5) is 16.1. The Labute approximate surface area is 363 Å². The van der Waals surface area contributed by atoms with E-state index in [-0.39, 0.29) is 16.6 Å². The first-order valence-electron chi connectivity index (χ1n) is 18.6. The van der Waals surface area contributed by atoms with Crippen LogP contribution in [0, 0.1) is 10.8 Å². The molecular weight excluding hydrogens is 885 g/mol. The molecule has 62 heavy (non-hydrogen) atoms. The molecule has 2 heterocycles. The zero-order chi connectivity index (χ0) is 46.1. The summed E-state index contributed by atoms with van der Waals surface area (Å²) in [7, 11) is -1.70. The van der Waals surface area contributed by atoms with E-state index in [1.807, 2.05) is 77.9 Å². The average Bonchev–Trinajstić information content (AvgIpc) is 3.20. The van der Waals surface area contributed by atoms with Gasteiger partial charge in [-0.2, -0.15) is 0 Å². The molecular formula is C44H44BBrF6N4O6. The molecule has 6 rings (SSSR count). The van der Waals surface area contributed by atoms with Gasteiger partial charge in [0, 0.05) is 40.4 Å². The molecule has 10 nitrogen and oxygen atoms in total. The third-order valence-corrected chi connectivity index (χ3v) is 10.1. The Hall–Kier alpha value is -5.40. The molecule has 0 radical (unpaired) electrons. The second-order valence-electron chi connectivity index (χ2n) is 15.8. The van der Waals surface area contributed by atoms with Crippen molar-refractivity contribution in [1.29, 1.82) is 0 Å². The van der Waals surface area contributed by atoms with Gasteiger partial charge in [-0.3, -0.25) is 0 Å². The summed E-state index contributed by atoms with van der Waals surface area (Å²) in [6.07, 6.45) is -0.0747. The van der Waals surface area contributed by atoms with E-state index in [1.165, 1.54) is 24.8 Å². The maximum atomic E-state index is 12.3. The van der Waals surface area contributed by atoms with Crippen LogP contribution in [0.1, 0.15) is 63.8 Å². The van der Waals surface area contributed by atoms with Gasteiger partial charge in [-0.25, -0.2) is 19.9 Å². The molecule has 18 heteroatoms. The minimum absolute atomic E-state index is 0.0968. The zero-order valence-corrected chi connectivity index (χ0v) is 35.9. The summed E-state index contributed by atoms with van der Waals surface area (Å²) in [6.45, 7) is 11.8. The van der Waals surface area contributed by atoms with Crippen molar-refractivity contribution < 1.29 is 56.1 Å². The van der Waals surface area contributed by atoms with E-state index >= 15 is 0 Å². The molecule has 0 saturated carbocycles. The first-order chi connectivity index (χ1) is 28.7. The summed E-state index contributed by atoms with van der Waals surface area (Å²) < 4.78 is 80.4. The highest BCUT2D eigenvalue weighted by Crippen LogP contribution is 2.46. The number of aromatic nitrogens is 4. The van der Waals surface area contributed by atoms with Crippen LogP contribution < -0.4 is 14.9 Å². The normalized spacial score (nSPS) is 13.8. The molecule has 0 aliphatic rings. The maximum Gasteiger partial charge on any atom is 0.573 e. The maximum absolute atomic E-state index is 12.3. The standard InChI is InChI=1S/C22H21F3N2O2.C15H17BrN2O.C7H6BF3O3/c1-20(2,3)21(28,18-12-26-14-27-13-18)17-8-4-15(5-9-17)16-6-10-19(11-7-16)29-22(23,24)25;1-14(2,3)15(19,12-8-17-10-18-9-12)11-4-6-13(16)7-5-11;9-7(10,11)14-6-3-1-5(2-4-6)8(12)13/h4-14,28H,1-3H3;4-10,19H,1-3H3;1-4,12-13H. The summed E-state index contributed by atoms with van der Waals surface area (Å²) in [5.41, 5.74) is 1.02. The number of ether oxygens (including phenoxy) is 2. The van der Waals surface area contributed by atoms with Gasteiger partial charge in [0.15, 0.2) is 0 Å². The van der Waals surface area contributed by atoms with Crippen molar-refractivity contribution in [3.8, 4) is 22.6 Å². The van der Waals surface area contributed by atoms with Crippen molar-refractivity contribution in [2.75, 3.05) is 0 Å². The van der Waals surface area contributed by atoms with Gasteiger partial charge in [0.05, 0.1) is 0 Å². The highest BCUT2D eigenvalue weighted by molar-refractivity contribution is 9.10. The number of alkyl halides is 6. The lowest BCUT2D eigenvalue weighted by Crippen LogP contribution is -2.41. The Bertz CT molecular complexity index is 2300. The first-order valence-corrected chi connectivity index (χ1v) is 19.4. The molecule has 2 unspecified atom stereocenters. The Balaban J connectivity index is 0.000000221. The summed E-state index contributed by atoms with van der Waals surface area (Å²) >= 11 is 3.41. The molecule has 0 bridgehead atoms. The lowest BCUT2D eigenvalue weighted by atomic mass is 9.69. The van der Waals surface area contributed by atoms with Crippen molar-refractivity contribution in [2.24, 2.45) is 10.8 Å². The highest BCUT2D eigenvalue weighted by Gasteiger charge is 2.45. The average molecular weight is 930 g/mol. The second kappa shape index (κ2) is 19.8. The van der Waals surface area contributed by atoms with Crippen LogP contribution in [0.25, 0.3) is 11.1 Å². The van der Waals surface area contributed by atoms with Crippen LogP contribution in [0.2, 0.25) is 0 Å². The van der Waals surface area contributed by atoms with Crippen LogP contribution >= 0.6 is 15.9 Å². The van der Waals surface area contributed by atoms with Gasteiger partial charge in [0.1, 0.15) is 35.4 Å². The molecule has 6 aromatic rings. The number of benzene rings is 4. The van der Waals surface area contributed by atoms with Crippen LogP contribution in [0.3, 0.4) is 0 Å². The smallest absolute Gasteiger partial charge is 0.423 e. The van der Waals surface area contributed by atoms with Gasteiger partial charge < -0.3 is 29.7 Å². The van der Waals surface area contributed by atoms with Gasteiger partial charge in [-0.15, -0.1) is 26.3 Å². The Kier molecular flexibility index (Phi) is 15.7. The van der Waals surface area contributed by atoms with Gasteiger partial charge in [-0.05, 0) is 74.9 Å². The number of hydrogen-bond donors (Lipinski definition) is 4. The number of rotatable bonds is 8. The summed E-state index contributed by atoms with van der Waals surface area (Å²) in [6, 6.07) is 24.8. The fourth-order valence-electron chi connectivity index (χ4n) is 6.32. The molecule has 0 fully saturated rings. The van der Waals surface area contributed by atoms with E-state index in [0.717, 1.165) is 45.4 Å². The van der Waals surface area contributed by atoms with Gasteiger partial charge in [-0.1, -0.05) is 118 Å². The molecule has 328 valence electrons. The predicted molar refractivity (Wildman–Crippen MR) is 225 cm³/mol. The van der Waals surface area contributed by atoms with E-state index in [2.05, 4.69) is 45.3 Å². The van der Waals surface area contributed by atoms with Crippen molar-refractivity contribution in [1.82, 2.24) is 19.9 Å². The predicted octanol–water partition coefficient (Wildman–Crippen LogP) is 9.11. The minimum atomic E-state index is -4.74. The SMILES string of the molecule is CC(C)(C)C(O)(c1ccc(-c2ccc(OC(F)(F)F)cc2)cc1)c1cncnc1.CC(C)(C)C(O)(c1ccc(Br)cc1)c1cncnc1.OB(O)c1ccc(OC(F)(F)F)cc1. The zero-order valence-electron chi connectivity index (χ0n) is 34.3. The van der Waals surface area contributed by atoms with Crippen molar-refractivity contribution in [3.63, 3.8) is 0 Å². The Morgan fingerprint density at radius 3 is 1.08 bits per heavy atom. The van der Waals surface area contributed by atoms with Gasteiger partial charge in [0.2, 0.25) is 0 Å². The van der Waals surface area contributed by atoms with E-state index in [0.29, 0.717) is 16.7 Å². The molecule has 0 amide bonds. The van der Waals surface area contributed by atoms with Crippen LogP contribution in [-0.2, 0) is 11.2 Å². The third-order valence-electron chi connectivity index (χ3n) is 9.53. The van der Waals surface area contributed by atoms with Crippen LogP contribution in [0.4, 0.5) is 26.3 Å². The third kappa shape index (κ3) is 12.8. The number of hydrogen-bond acceptors (Lipinski definition) is 10. The van der Waals surface area contributed by atoms with E-state index < -0.39 is 42.2 Å². The summed E-state index contributed by atoms with van der Waals surface area (Å²) in [5, 5.41) is 40.2. The Morgan fingerprint density at radius 2 is 0.774 bits per heavy atom. The first kappa shape index (κ1) is 49.3. The van der Waals surface area contributed by atoms with Crippen molar-refractivity contribution in [2.45, 2.75) is 65.5 Å². The largest absolute Gasteiger partial charge is 0.573 e. The lowest BCUT2D eigenvalue weighted by Gasteiger charge is -2.40. The van der Waals surface area contributed by atoms with Crippen molar-refractivity contribution >= 4 is 28.5 Å².